The molecule has 2 aliphatic rings. The molecule has 0 atom stereocenters. The first-order valence-electron chi connectivity index (χ1n) is 15.2. The van der Waals surface area contributed by atoms with Gasteiger partial charge in [0.25, 0.3) is 11.8 Å². The summed E-state index contributed by atoms with van der Waals surface area (Å²) in [6.07, 6.45) is 1.73. The van der Waals surface area contributed by atoms with Crippen LogP contribution in [0.3, 0.4) is 0 Å². The lowest BCUT2D eigenvalue weighted by molar-refractivity contribution is 0.0126. The van der Waals surface area contributed by atoms with Crippen LogP contribution in [0.5, 0.6) is 5.75 Å². The lowest BCUT2D eigenvalue weighted by Gasteiger charge is -2.34. The number of ether oxygens (including phenoxy) is 3. The van der Waals surface area contributed by atoms with Gasteiger partial charge in [-0.2, -0.15) is 0 Å². The number of aromatic nitrogens is 1. The Hall–Kier alpha value is -4.13. The molecule has 2 fully saturated rings. The molecule has 11 nitrogen and oxygen atoms in total. The number of piperidine rings is 1. The van der Waals surface area contributed by atoms with Gasteiger partial charge in [-0.1, -0.05) is 23.2 Å². The van der Waals surface area contributed by atoms with E-state index < -0.39 is 23.2 Å². The monoisotopic (exact) mass is 687 g/mol. The van der Waals surface area contributed by atoms with E-state index in [1.807, 2.05) is 20.8 Å². The third-order valence-electron chi connectivity index (χ3n) is 7.50. The zero-order valence-corrected chi connectivity index (χ0v) is 27.8. The Morgan fingerprint density at radius 1 is 0.936 bits per heavy atom. The predicted molar refractivity (Wildman–Crippen MR) is 177 cm³/mol. The van der Waals surface area contributed by atoms with Crippen LogP contribution in [0.1, 0.15) is 54.3 Å². The number of rotatable bonds is 7. The highest BCUT2D eigenvalue weighted by Gasteiger charge is 2.29. The third kappa shape index (κ3) is 9.03. The predicted octanol–water partition coefficient (Wildman–Crippen LogP) is 6.65. The summed E-state index contributed by atoms with van der Waals surface area (Å²) in [7, 11) is 0. The standard InChI is InChI=1S/C33H36Cl2FN5O6/c1-33(2,3)47-32(44)41-10-8-22(9-11-41)46-28-16-21(40-12-14-45-15-13-40)5-6-23(28)30(42)38-27-18-26(36)25(35)17-24(27)31(43)39-29-7-4-20(34)19-37-29/h4-7,16-19,22H,8-15H2,1-3H3,(H,38,42)(H,37,39,43). The largest absolute Gasteiger partial charge is 0.489 e. The van der Waals surface area contributed by atoms with E-state index in [9.17, 15) is 18.8 Å². The van der Waals surface area contributed by atoms with Crippen molar-refractivity contribution in [1.82, 2.24) is 9.88 Å². The van der Waals surface area contributed by atoms with Gasteiger partial charge in [0.05, 0.1) is 40.1 Å². The number of carbonyl (C=O) groups is 3. The van der Waals surface area contributed by atoms with Crippen LogP contribution in [0.15, 0.2) is 48.7 Å². The van der Waals surface area contributed by atoms with Gasteiger partial charge in [-0.3, -0.25) is 9.59 Å². The number of anilines is 3. The Balaban J connectivity index is 1.38. The average molecular weight is 689 g/mol. The van der Waals surface area contributed by atoms with Gasteiger partial charge in [-0.15, -0.1) is 0 Å². The summed E-state index contributed by atoms with van der Waals surface area (Å²) in [6.45, 7) is 8.79. The molecule has 0 radical (unpaired) electrons. The van der Waals surface area contributed by atoms with E-state index in [0.29, 0.717) is 63.0 Å². The number of pyridine rings is 1. The fraction of sp³-hybridized carbons (Fsp3) is 0.394. The van der Waals surface area contributed by atoms with Crippen molar-refractivity contribution in [3.8, 4) is 5.75 Å². The van der Waals surface area contributed by atoms with Crippen molar-refractivity contribution >= 4 is 58.3 Å². The second-order valence-corrected chi connectivity index (χ2v) is 13.0. The first kappa shape index (κ1) is 34.2. The Bertz CT molecular complexity index is 1620. The molecule has 0 spiro atoms. The normalized spacial score (nSPS) is 15.6. The summed E-state index contributed by atoms with van der Waals surface area (Å²) in [6, 6.07) is 10.4. The van der Waals surface area contributed by atoms with Gasteiger partial charge in [0, 0.05) is 57.0 Å². The molecule has 2 aliphatic heterocycles. The molecule has 2 saturated heterocycles. The van der Waals surface area contributed by atoms with Gasteiger partial charge in [0.15, 0.2) is 0 Å². The van der Waals surface area contributed by atoms with Gasteiger partial charge in [0.1, 0.15) is 29.1 Å². The second kappa shape index (κ2) is 14.7. The third-order valence-corrected chi connectivity index (χ3v) is 8.01. The number of halogens is 3. The summed E-state index contributed by atoms with van der Waals surface area (Å²) >= 11 is 11.9. The summed E-state index contributed by atoms with van der Waals surface area (Å²) < 4.78 is 32.1. The van der Waals surface area contributed by atoms with E-state index in [2.05, 4.69) is 20.5 Å². The molecule has 2 aromatic carbocycles. The number of benzene rings is 2. The SMILES string of the molecule is CC(C)(C)OC(=O)N1CCC(Oc2cc(N3CCOCC3)ccc2C(=O)Nc2cc(F)c(Cl)cc2C(=O)Nc2ccc(Cl)cn2)CC1. The fourth-order valence-corrected chi connectivity index (χ4v) is 5.41. The molecule has 3 heterocycles. The van der Waals surface area contributed by atoms with E-state index in [1.54, 1.807) is 29.2 Å². The number of hydrogen-bond acceptors (Lipinski definition) is 8. The topological polar surface area (TPSA) is 122 Å². The average Bonchev–Trinajstić information content (AvgIpc) is 3.03. The van der Waals surface area contributed by atoms with Crippen LogP contribution in [0.25, 0.3) is 0 Å². The summed E-state index contributed by atoms with van der Waals surface area (Å²) in [5.74, 6) is -1.61. The van der Waals surface area contributed by atoms with Crippen LogP contribution in [-0.4, -0.2) is 78.9 Å². The number of carbonyl (C=O) groups excluding carboxylic acids is 3. The molecule has 14 heteroatoms. The zero-order chi connectivity index (χ0) is 33.7. The van der Waals surface area contributed by atoms with Crippen LogP contribution in [0, 0.1) is 5.82 Å². The quantitative estimate of drug-likeness (QED) is 0.283. The lowest BCUT2D eigenvalue weighted by Crippen LogP contribution is -2.44. The maximum absolute atomic E-state index is 14.7. The molecule has 0 saturated carbocycles. The molecule has 3 aromatic rings. The highest BCUT2D eigenvalue weighted by atomic mass is 35.5. The Morgan fingerprint density at radius 2 is 1.64 bits per heavy atom. The maximum Gasteiger partial charge on any atom is 0.410 e. The van der Waals surface area contributed by atoms with Crippen molar-refractivity contribution in [3.63, 3.8) is 0 Å². The molecule has 1 aromatic heterocycles. The molecule has 0 aliphatic carbocycles. The second-order valence-electron chi connectivity index (χ2n) is 12.1. The number of hydrogen-bond donors (Lipinski definition) is 2. The molecule has 5 rings (SSSR count). The summed E-state index contributed by atoms with van der Waals surface area (Å²) in [4.78, 5) is 47.4. The van der Waals surface area contributed by atoms with Crippen LogP contribution < -0.4 is 20.3 Å². The van der Waals surface area contributed by atoms with Gasteiger partial charge >= 0.3 is 6.09 Å². The van der Waals surface area contributed by atoms with Crippen LogP contribution in [-0.2, 0) is 9.47 Å². The highest BCUT2D eigenvalue weighted by molar-refractivity contribution is 6.31. The number of morpholine rings is 1. The van der Waals surface area contributed by atoms with E-state index >= 15 is 0 Å². The van der Waals surface area contributed by atoms with Gasteiger partial charge in [-0.05, 0) is 57.2 Å². The number of nitrogens with one attached hydrogen (secondary N) is 2. The molecular formula is C33H36Cl2FN5O6. The van der Waals surface area contributed by atoms with Crippen molar-refractivity contribution in [3.05, 3.63) is 75.7 Å². The van der Waals surface area contributed by atoms with Crippen LogP contribution in [0.2, 0.25) is 10.0 Å². The van der Waals surface area contributed by atoms with Crippen molar-refractivity contribution in [2.75, 3.05) is 54.9 Å². The molecule has 250 valence electrons. The van der Waals surface area contributed by atoms with Crippen molar-refractivity contribution < 1.29 is 33.0 Å². The first-order valence-corrected chi connectivity index (χ1v) is 16.0. The van der Waals surface area contributed by atoms with E-state index in [1.165, 1.54) is 12.3 Å². The first-order chi connectivity index (χ1) is 22.4. The molecule has 3 amide bonds. The van der Waals surface area contributed by atoms with Gasteiger partial charge in [0.2, 0.25) is 0 Å². The lowest BCUT2D eigenvalue weighted by atomic mass is 10.1. The highest BCUT2D eigenvalue weighted by Crippen LogP contribution is 2.32. The zero-order valence-electron chi connectivity index (χ0n) is 26.3. The Kier molecular flexibility index (Phi) is 10.7. The molecule has 2 N–H and O–H groups in total. The minimum absolute atomic E-state index is 0.0802. The van der Waals surface area contributed by atoms with Crippen molar-refractivity contribution in [2.24, 2.45) is 0 Å². The van der Waals surface area contributed by atoms with Crippen molar-refractivity contribution in [2.45, 2.75) is 45.3 Å². The minimum Gasteiger partial charge on any atom is -0.489 e. The number of amides is 3. The molecule has 0 unspecified atom stereocenters. The van der Waals surface area contributed by atoms with Crippen LogP contribution >= 0.6 is 23.2 Å². The maximum atomic E-state index is 14.7. The van der Waals surface area contributed by atoms with Gasteiger partial charge in [-0.25, -0.2) is 14.2 Å². The molecular weight excluding hydrogens is 652 g/mol. The van der Waals surface area contributed by atoms with Gasteiger partial charge < -0.3 is 34.6 Å². The Labute approximate surface area is 282 Å². The smallest absolute Gasteiger partial charge is 0.410 e. The minimum atomic E-state index is -0.820. The fourth-order valence-electron chi connectivity index (χ4n) is 5.14. The Morgan fingerprint density at radius 3 is 2.30 bits per heavy atom. The van der Waals surface area contributed by atoms with E-state index in [0.717, 1.165) is 17.8 Å². The summed E-state index contributed by atoms with van der Waals surface area (Å²) in [5.41, 5.74) is 0.241. The van der Waals surface area contributed by atoms with E-state index in [-0.39, 0.29) is 39.9 Å². The number of likely N-dealkylation sites (tertiary alicyclic amines) is 1. The molecule has 47 heavy (non-hydrogen) atoms. The summed E-state index contributed by atoms with van der Waals surface area (Å²) in [5, 5.41) is 5.35. The van der Waals surface area contributed by atoms with Crippen LogP contribution in [0.4, 0.5) is 26.4 Å². The molecule has 0 bridgehead atoms. The van der Waals surface area contributed by atoms with E-state index in [4.69, 9.17) is 37.4 Å². The van der Waals surface area contributed by atoms with Crippen molar-refractivity contribution in [1.29, 1.82) is 0 Å². The number of nitrogens with zero attached hydrogens (tertiary/aromatic N) is 3.